The molecular weight excluding hydrogens is 248 g/mol. The molecule has 1 aliphatic rings. The first-order chi connectivity index (χ1) is 8.65. The molecule has 0 saturated carbocycles. The summed E-state index contributed by atoms with van der Waals surface area (Å²) >= 11 is 5.10. The average molecular weight is 262 g/mol. The number of hydrogen-bond acceptors (Lipinski definition) is 4. The van der Waals surface area contributed by atoms with Crippen LogP contribution in [0, 0.1) is 16.1 Å². The van der Waals surface area contributed by atoms with Gasteiger partial charge in [0.05, 0.1) is 6.07 Å². The molecule has 0 spiro atoms. The zero-order valence-corrected chi connectivity index (χ0v) is 11.0. The molecule has 0 radical (unpaired) electrons. The highest BCUT2D eigenvalue weighted by molar-refractivity contribution is 7.71. The molecule has 0 aliphatic heterocycles. The van der Waals surface area contributed by atoms with Crippen LogP contribution in [0.3, 0.4) is 0 Å². The van der Waals surface area contributed by atoms with Crippen molar-refractivity contribution in [3.63, 3.8) is 0 Å². The SMILES string of the molecule is Cn1nc(C2=CCCCC2)c(=O)n(CC#N)c1=S. The van der Waals surface area contributed by atoms with Gasteiger partial charge in [-0.1, -0.05) is 6.08 Å². The highest BCUT2D eigenvalue weighted by atomic mass is 32.1. The lowest BCUT2D eigenvalue weighted by atomic mass is 9.97. The molecule has 2 rings (SSSR count). The highest BCUT2D eigenvalue weighted by Gasteiger charge is 2.15. The van der Waals surface area contributed by atoms with Crippen LogP contribution in [0.25, 0.3) is 5.57 Å². The molecule has 0 N–H and O–H groups in total. The topological polar surface area (TPSA) is 63.6 Å². The van der Waals surface area contributed by atoms with Crippen molar-refractivity contribution >= 4 is 17.8 Å². The fourth-order valence-corrected chi connectivity index (χ4v) is 2.28. The van der Waals surface area contributed by atoms with Gasteiger partial charge >= 0.3 is 0 Å². The van der Waals surface area contributed by atoms with Gasteiger partial charge in [-0.15, -0.1) is 0 Å². The monoisotopic (exact) mass is 262 g/mol. The first-order valence-electron chi connectivity index (χ1n) is 5.89. The van der Waals surface area contributed by atoms with Crippen molar-refractivity contribution in [2.24, 2.45) is 7.05 Å². The molecule has 5 nitrogen and oxygen atoms in total. The van der Waals surface area contributed by atoms with Gasteiger partial charge in [0, 0.05) is 7.05 Å². The van der Waals surface area contributed by atoms with E-state index in [1.165, 1.54) is 9.25 Å². The Morgan fingerprint density at radius 2 is 2.33 bits per heavy atom. The smallest absolute Gasteiger partial charge is 0.268 e. The summed E-state index contributed by atoms with van der Waals surface area (Å²) < 4.78 is 3.06. The zero-order valence-electron chi connectivity index (χ0n) is 10.2. The van der Waals surface area contributed by atoms with Crippen LogP contribution in [0.15, 0.2) is 10.9 Å². The Morgan fingerprint density at radius 3 is 2.94 bits per heavy atom. The van der Waals surface area contributed by atoms with Crippen LogP contribution in [-0.4, -0.2) is 14.3 Å². The predicted molar refractivity (Wildman–Crippen MR) is 70.4 cm³/mol. The van der Waals surface area contributed by atoms with E-state index in [0.29, 0.717) is 5.69 Å². The largest absolute Gasteiger partial charge is 0.281 e. The van der Waals surface area contributed by atoms with Gasteiger partial charge in [-0.05, 0) is 43.5 Å². The van der Waals surface area contributed by atoms with Gasteiger partial charge < -0.3 is 0 Å². The maximum Gasteiger partial charge on any atom is 0.281 e. The average Bonchev–Trinajstić information content (AvgIpc) is 2.40. The van der Waals surface area contributed by atoms with E-state index in [1.54, 1.807) is 7.05 Å². The van der Waals surface area contributed by atoms with Crippen LogP contribution < -0.4 is 5.56 Å². The Labute approximate surface area is 110 Å². The Balaban J connectivity index is 2.63. The van der Waals surface area contributed by atoms with Crippen molar-refractivity contribution in [1.82, 2.24) is 14.3 Å². The first kappa shape index (κ1) is 12.7. The third-order valence-corrected chi connectivity index (χ3v) is 3.51. The third kappa shape index (κ3) is 2.27. The summed E-state index contributed by atoms with van der Waals surface area (Å²) in [6.45, 7) is -0.0334. The number of allylic oxidation sites excluding steroid dienone is 2. The van der Waals surface area contributed by atoms with Gasteiger partial charge in [-0.3, -0.25) is 9.36 Å². The van der Waals surface area contributed by atoms with E-state index in [0.717, 1.165) is 31.3 Å². The molecule has 0 bridgehead atoms. The maximum absolute atomic E-state index is 12.3. The Kier molecular flexibility index (Phi) is 3.72. The lowest BCUT2D eigenvalue weighted by Crippen LogP contribution is -2.29. The summed E-state index contributed by atoms with van der Waals surface area (Å²) in [6.07, 6.45) is 6.14. The highest BCUT2D eigenvalue weighted by Crippen LogP contribution is 2.23. The number of aromatic nitrogens is 3. The number of nitrogens with zero attached hydrogens (tertiary/aromatic N) is 4. The van der Waals surface area contributed by atoms with Crippen LogP contribution in [-0.2, 0) is 13.6 Å². The Bertz CT molecular complexity index is 648. The van der Waals surface area contributed by atoms with E-state index in [-0.39, 0.29) is 16.9 Å². The fraction of sp³-hybridized carbons (Fsp3) is 0.500. The van der Waals surface area contributed by atoms with E-state index < -0.39 is 0 Å². The van der Waals surface area contributed by atoms with E-state index in [9.17, 15) is 4.79 Å². The summed E-state index contributed by atoms with van der Waals surface area (Å²) in [5, 5.41) is 13.0. The standard InChI is InChI=1S/C12H14N4OS/c1-15-12(18)16(8-7-13)11(17)10(14-15)9-5-3-2-4-6-9/h5H,2-4,6,8H2,1H3. The summed E-state index contributed by atoms with van der Waals surface area (Å²) in [6, 6.07) is 1.96. The molecule has 6 heteroatoms. The molecule has 0 aromatic carbocycles. The van der Waals surface area contributed by atoms with Gasteiger partial charge in [0.25, 0.3) is 5.56 Å². The Hall–Kier alpha value is -1.74. The second kappa shape index (κ2) is 5.27. The van der Waals surface area contributed by atoms with Gasteiger partial charge in [0.2, 0.25) is 0 Å². The van der Waals surface area contributed by atoms with Crippen LogP contribution in [0.2, 0.25) is 0 Å². The number of rotatable bonds is 2. The van der Waals surface area contributed by atoms with Crippen molar-refractivity contribution in [1.29, 1.82) is 5.26 Å². The van der Waals surface area contributed by atoms with Gasteiger partial charge in [0.15, 0.2) is 10.5 Å². The lowest BCUT2D eigenvalue weighted by molar-refractivity contribution is 0.598. The fourth-order valence-electron chi connectivity index (χ4n) is 2.09. The Morgan fingerprint density at radius 1 is 1.56 bits per heavy atom. The van der Waals surface area contributed by atoms with E-state index in [4.69, 9.17) is 17.5 Å². The summed E-state index contributed by atoms with van der Waals surface area (Å²) in [5.74, 6) is 0. The molecule has 94 valence electrons. The van der Waals surface area contributed by atoms with Crippen molar-refractivity contribution in [2.45, 2.75) is 32.2 Å². The second-order valence-electron chi connectivity index (χ2n) is 4.28. The van der Waals surface area contributed by atoms with Gasteiger partial charge in [-0.2, -0.15) is 10.4 Å². The van der Waals surface area contributed by atoms with E-state index in [2.05, 4.69) is 11.2 Å². The minimum absolute atomic E-state index is 0.0334. The van der Waals surface area contributed by atoms with Crippen LogP contribution in [0.5, 0.6) is 0 Å². The van der Waals surface area contributed by atoms with Crippen LogP contribution in [0.1, 0.15) is 31.4 Å². The molecular formula is C12H14N4OS. The molecule has 0 fully saturated rings. The molecule has 0 atom stereocenters. The minimum atomic E-state index is -0.257. The molecule has 0 unspecified atom stereocenters. The predicted octanol–water partition coefficient (Wildman–Crippen LogP) is 1.79. The van der Waals surface area contributed by atoms with E-state index >= 15 is 0 Å². The van der Waals surface area contributed by atoms with Crippen molar-refractivity contribution < 1.29 is 0 Å². The van der Waals surface area contributed by atoms with Crippen LogP contribution >= 0.6 is 12.2 Å². The lowest BCUT2D eigenvalue weighted by Gasteiger charge is -2.14. The maximum atomic E-state index is 12.3. The molecule has 0 saturated heterocycles. The molecule has 1 aliphatic carbocycles. The van der Waals surface area contributed by atoms with Gasteiger partial charge in [0.1, 0.15) is 6.54 Å². The van der Waals surface area contributed by atoms with Crippen molar-refractivity contribution in [3.05, 3.63) is 26.9 Å². The molecule has 1 heterocycles. The van der Waals surface area contributed by atoms with Crippen LogP contribution in [0.4, 0.5) is 0 Å². The summed E-state index contributed by atoms with van der Waals surface area (Å²) in [7, 11) is 1.70. The molecule has 18 heavy (non-hydrogen) atoms. The summed E-state index contributed by atoms with van der Waals surface area (Å²) in [5.41, 5.74) is 1.15. The number of nitriles is 1. The van der Waals surface area contributed by atoms with Crippen molar-refractivity contribution in [2.75, 3.05) is 0 Å². The second-order valence-corrected chi connectivity index (χ2v) is 4.64. The van der Waals surface area contributed by atoms with Gasteiger partial charge in [-0.25, -0.2) is 4.68 Å². The van der Waals surface area contributed by atoms with Crippen molar-refractivity contribution in [3.8, 4) is 6.07 Å². The minimum Gasteiger partial charge on any atom is -0.268 e. The normalized spacial score (nSPS) is 15.0. The number of aryl methyl sites for hydroxylation is 1. The summed E-state index contributed by atoms with van der Waals surface area (Å²) in [4.78, 5) is 12.3. The van der Waals surface area contributed by atoms with E-state index in [1.807, 2.05) is 6.07 Å². The molecule has 0 amide bonds. The third-order valence-electron chi connectivity index (χ3n) is 3.03. The first-order valence-corrected chi connectivity index (χ1v) is 6.30. The quantitative estimate of drug-likeness (QED) is 0.762. The molecule has 1 aromatic heterocycles. The number of hydrogen-bond donors (Lipinski definition) is 0. The zero-order chi connectivity index (χ0) is 13.1. The molecule has 1 aromatic rings.